The van der Waals surface area contributed by atoms with Crippen LogP contribution in [-0.2, 0) is 6.42 Å². The fourth-order valence-electron chi connectivity index (χ4n) is 2.30. The van der Waals surface area contributed by atoms with Gasteiger partial charge in [0.25, 0.3) is 0 Å². The van der Waals surface area contributed by atoms with Crippen LogP contribution < -0.4 is 0 Å². The molecule has 0 saturated carbocycles. The summed E-state index contributed by atoms with van der Waals surface area (Å²) in [5.41, 5.74) is 5.90. The number of aryl methyl sites for hydroxylation is 1. The normalized spacial score (nSPS) is 10.1. The summed E-state index contributed by atoms with van der Waals surface area (Å²) in [4.78, 5) is 0. The maximum absolute atomic E-state index is 4.20. The predicted octanol–water partition coefficient (Wildman–Crippen LogP) is 5.81. The van der Waals surface area contributed by atoms with Gasteiger partial charge >= 0.3 is 0 Å². The lowest BCUT2D eigenvalue weighted by Crippen LogP contribution is -1.89. The molecule has 0 radical (unpaired) electrons. The Bertz CT molecular complexity index is 615. The van der Waals surface area contributed by atoms with Crippen LogP contribution in [0.3, 0.4) is 0 Å². The number of allylic oxidation sites excluding steroid dienone is 2. The summed E-state index contributed by atoms with van der Waals surface area (Å²) in [5.74, 6) is 0. The minimum atomic E-state index is 1.02. The smallest absolute Gasteiger partial charge is 0.0183 e. The molecule has 2 rings (SSSR count). The van der Waals surface area contributed by atoms with Crippen molar-refractivity contribution in [3.63, 3.8) is 0 Å². The molecule has 0 amide bonds. The molecule has 0 nitrogen and oxygen atoms in total. The van der Waals surface area contributed by atoms with Gasteiger partial charge in [0.2, 0.25) is 0 Å². The molecule has 2 aromatic rings. The van der Waals surface area contributed by atoms with Crippen molar-refractivity contribution < 1.29 is 0 Å². The van der Waals surface area contributed by atoms with E-state index in [-0.39, 0.29) is 0 Å². The van der Waals surface area contributed by atoms with Crippen molar-refractivity contribution in [1.82, 2.24) is 0 Å². The van der Waals surface area contributed by atoms with Gasteiger partial charge in [-0.15, -0.1) is 0 Å². The number of hydrogen-bond donors (Lipinski definition) is 0. The molecular formula is C21H22. The monoisotopic (exact) mass is 274 g/mol. The van der Waals surface area contributed by atoms with E-state index >= 15 is 0 Å². The minimum absolute atomic E-state index is 1.02. The lowest BCUT2D eigenvalue weighted by Gasteiger charge is -2.08. The van der Waals surface area contributed by atoms with E-state index in [1.54, 1.807) is 0 Å². The van der Waals surface area contributed by atoms with Crippen molar-refractivity contribution in [2.45, 2.75) is 19.3 Å². The van der Waals surface area contributed by atoms with Gasteiger partial charge < -0.3 is 0 Å². The van der Waals surface area contributed by atoms with E-state index < -0.39 is 0 Å². The lowest BCUT2D eigenvalue weighted by molar-refractivity contribution is 0.826. The summed E-state index contributed by atoms with van der Waals surface area (Å²) in [7, 11) is 0. The standard InChI is InChI=1S/C21H22/c1-4-17(2)9-8-10-19-13-15-21(16-14-19)18(3)20-11-6-5-7-12-20/h4-7,11-16H,1-3,8-10H2. The molecule has 0 heteroatoms. The van der Waals surface area contributed by atoms with Crippen LogP contribution in [0.15, 0.2) is 86.0 Å². The lowest BCUT2D eigenvalue weighted by atomic mass is 9.97. The number of hydrogen-bond acceptors (Lipinski definition) is 0. The average molecular weight is 274 g/mol. The first kappa shape index (κ1) is 15.1. The second kappa shape index (κ2) is 7.44. The van der Waals surface area contributed by atoms with Crippen LogP contribution in [0.2, 0.25) is 0 Å². The topological polar surface area (TPSA) is 0 Å². The Morgan fingerprint density at radius 1 is 0.857 bits per heavy atom. The third-order valence-corrected chi connectivity index (χ3v) is 3.68. The van der Waals surface area contributed by atoms with Gasteiger partial charge in [-0.05, 0) is 41.5 Å². The molecule has 0 N–H and O–H groups in total. The van der Waals surface area contributed by atoms with Crippen molar-refractivity contribution in [2.24, 2.45) is 0 Å². The van der Waals surface area contributed by atoms with Crippen molar-refractivity contribution in [1.29, 1.82) is 0 Å². The molecule has 0 aliphatic heterocycles. The first-order valence-corrected chi connectivity index (χ1v) is 7.34. The minimum Gasteiger partial charge on any atom is -0.0988 e. The van der Waals surface area contributed by atoms with Gasteiger partial charge in [-0.2, -0.15) is 0 Å². The largest absolute Gasteiger partial charge is 0.0988 e. The molecule has 0 spiro atoms. The van der Waals surface area contributed by atoms with Crippen LogP contribution in [0, 0.1) is 0 Å². The van der Waals surface area contributed by atoms with Crippen molar-refractivity contribution in [3.8, 4) is 0 Å². The molecule has 2 aromatic carbocycles. The highest BCUT2D eigenvalue weighted by molar-refractivity contribution is 5.77. The van der Waals surface area contributed by atoms with Crippen molar-refractivity contribution in [2.75, 3.05) is 0 Å². The Hall–Kier alpha value is -2.34. The van der Waals surface area contributed by atoms with E-state index in [1.807, 2.05) is 24.3 Å². The highest BCUT2D eigenvalue weighted by Crippen LogP contribution is 2.22. The number of benzene rings is 2. The molecule has 0 atom stereocenters. The van der Waals surface area contributed by atoms with E-state index in [4.69, 9.17) is 0 Å². The highest BCUT2D eigenvalue weighted by Gasteiger charge is 2.02. The molecule has 21 heavy (non-hydrogen) atoms. The Morgan fingerprint density at radius 2 is 1.48 bits per heavy atom. The van der Waals surface area contributed by atoms with Crippen LogP contribution >= 0.6 is 0 Å². The summed E-state index contributed by atoms with van der Waals surface area (Å²) in [6, 6.07) is 19.0. The summed E-state index contributed by atoms with van der Waals surface area (Å²) >= 11 is 0. The quantitative estimate of drug-likeness (QED) is 0.559. The zero-order valence-electron chi connectivity index (χ0n) is 12.5. The van der Waals surface area contributed by atoms with Gasteiger partial charge in [0.15, 0.2) is 0 Å². The average Bonchev–Trinajstić information content (AvgIpc) is 2.55. The number of rotatable bonds is 7. The predicted molar refractivity (Wildman–Crippen MR) is 93.3 cm³/mol. The van der Waals surface area contributed by atoms with Gasteiger partial charge in [0.1, 0.15) is 0 Å². The maximum Gasteiger partial charge on any atom is -0.0183 e. The summed E-state index contributed by atoms with van der Waals surface area (Å²) in [6.07, 6.45) is 5.05. The Morgan fingerprint density at radius 3 is 2.10 bits per heavy atom. The van der Waals surface area contributed by atoms with Crippen molar-refractivity contribution >= 4 is 5.57 Å². The van der Waals surface area contributed by atoms with Gasteiger partial charge in [-0.25, -0.2) is 0 Å². The van der Waals surface area contributed by atoms with Crippen LogP contribution in [0.5, 0.6) is 0 Å². The highest BCUT2D eigenvalue weighted by atomic mass is 14.1. The SMILES string of the molecule is C=CC(=C)CCCc1ccc(C(=C)c2ccccc2)cc1. The van der Waals surface area contributed by atoms with E-state index in [9.17, 15) is 0 Å². The fourth-order valence-corrected chi connectivity index (χ4v) is 2.30. The molecule has 0 aromatic heterocycles. The van der Waals surface area contributed by atoms with E-state index in [1.165, 1.54) is 16.7 Å². The Balaban J connectivity index is 1.97. The molecule has 0 bridgehead atoms. The molecule has 0 unspecified atom stereocenters. The van der Waals surface area contributed by atoms with Crippen LogP contribution in [0.1, 0.15) is 29.5 Å². The van der Waals surface area contributed by atoms with Gasteiger partial charge in [-0.1, -0.05) is 86.0 Å². The Kier molecular flexibility index (Phi) is 5.34. The van der Waals surface area contributed by atoms with Gasteiger partial charge in [0, 0.05) is 0 Å². The van der Waals surface area contributed by atoms with Crippen LogP contribution in [0.4, 0.5) is 0 Å². The maximum atomic E-state index is 4.20. The second-order valence-electron chi connectivity index (χ2n) is 5.26. The van der Waals surface area contributed by atoms with Gasteiger partial charge in [-0.3, -0.25) is 0 Å². The van der Waals surface area contributed by atoms with Crippen LogP contribution in [0.25, 0.3) is 5.57 Å². The Labute approximate surface area is 128 Å². The third kappa shape index (κ3) is 4.32. The van der Waals surface area contributed by atoms with E-state index in [0.29, 0.717) is 0 Å². The first-order chi connectivity index (χ1) is 10.2. The fraction of sp³-hybridized carbons (Fsp3) is 0.143. The summed E-state index contributed by atoms with van der Waals surface area (Å²) < 4.78 is 0. The molecule has 0 saturated heterocycles. The van der Waals surface area contributed by atoms with E-state index in [2.05, 4.69) is 56.1 Å². The zero-order valence-corrected chi connectivity index (χ0v) is 12.5. The summed E-state index contributed by atoms with van der Waals surface area (Å²) in [5, 5.41) is 0. The van der Waals surface area contributed by atoms with Crippen LogP contribution in [-0.4, -0.2) is 0 Å². The van der Waals surface area contributed by atoms with Crippen molar-refractivity contribution in [3.05, 3.63) is 103 Å². The molecule has 0 aliphatic carbocycles. The van der Waals surface area contributed by atoms with E-state index in [0.717, 1.165) is 30.4 Å². The zero-order chi connectivity index (χ0) is 15.1. The van der Waals surface area contributed by atoms with Gasteiger partial charge in [0.05, 0.1) is 0 Å². The third-order valence-electron chi connectivity index (χ3n) is 3.68. The molecule has 0 aliphatic rings. The molecule has 106 valence electrons. The molecule has 0 heterocycles. The molecular weight excluding hydrogens is 252 g/mol. The second-order valence-corrected chi connectivity index (χ2v) is 5.26. The summed E-state index contributed by atoms with van der Waals surface area (Å²) in [6.45, 7) is 11.9. The molecule has 0 fully saturated rings. The first-order valence-electron chi connectivity index (χ1n) is 7.34.